The van der Waals surface area contributed by atoms with Crippen LogP contribution in [0.25, 0.3) is 5.69 Å². The smallest absolute Gasteiger partial charge is 0.195 e. The molecule has 0 amide bonds. The fraction of sp³-hybridized carbons (Fsp3) is 0.292. The second-order valence-corrected chi connectivity index (χ2v) is 7.51. The van der Waals surface area contributed by atoms with E-state index in [9.17, 15) is 5.26 Å². The van der Waals surface area contributed by atoms with Crippen LogP contribution in [0.5, 0.6) is 11.5 Å². The number of guanidine groups is 1. The number of benzene rings is 2. The fourth-order valence-corrected chi connectivity index (χ4v) is 3.56. The van der Waals surface area contributed by atoms with E-state index in [2.05, 4.69) is 26.8 Å². The number of fused-ring (bicyclic) bond motifs is 1. The zero-order valence-corrected chi connectivity index (χ0v) is 18.5. The fourth-order valence-electron chi connectivity index (χ4n) is 3.56. The van der Waals surface area contributed by atoms with Crippen LogP contribution in [0.2, 0.25) is 0 Å². The predicted octanol–water partition coefficient (Wildman–Crippen LogP) is 3.11. The minimum absolute atomic E-state index is 0.360. The molecule has 0 spiro atoms. The summed E-state index contributed by atoms with van der Waals surface area (Å²) >= 11 is 0. The Kier molecular flexibility index (Phi) is 6.95. The first-order valence-electron chi connectivity index (χ1n) is 10.9. The first-order valence-corrected chi connectivity index (χ1v) is 10.9. The number of rotatable bonds is 6. The van der Waals surface area contributed by atoms with Crippen LogP contribution in [0.4, 0.5) is 11.5 Å². The lowest BCUT2D eigenvalue weighted by Crippen LogP contribution is -2.31. The van der Waals surface area contributed by atoms with Gasteiger partial charge in [-0.15, -0.1) is 0 Å². The number of nitrogens with two attached hydrogens (primary N) is 1. The molecule has 33 heavy (non-hydrogen) atoms. The summed E-state index contributed by atoms with van der Waals surface area (Å²) in [5.74, 6) is 2.48. The molecular weight excluding hydrogens is 418 g/mol. The molecule has 4 N–H and O–H groups in total. The number of nitrogen functional groups attached to an aromatic ring is 1. The zero-order valence-electron chi connectivity index (χ0n) is 18.5. The summed E-state index contributed by atoms with van der Waals surface area (Å²) in [5, 5.41) is 20.7. The monoisotopic (exact) mass is 445 g/mol. The molecule has 9 nitrogen and oxygen atoms in total. The zero-order chi connectivity index (χ0) is 23.0. The van der Waals surface area contributed by atoms with E-state index in [0.29, 0.717) is 49.2 Å². The molecule has 0 bridgehead atoms. The Hall–Kier alpha value is -4.19. The van der Waals surface area contributed by atoms with Crippen molar-refractivity contribution in [2.24, 2.45) is 4.99 Å². The van der Waals surface area contributed by atoms with E-state index in [1.54, 1.807) is 11.7 Å². The van der Waals surface area contributed by atoms with E-state index in [0.717, 1.165) is 35.7 Å². The highest BCUT2D eigenvalue weighted by atomic mass is 16.5. The van der Waals surface area contributed by atoms with Gasteiger partial charge in [-0.25, -0.2) is 4.68 Å². The Morgan fingerprint density at radius 3 is 2.73 bits per heavy atom. The van der Waals surface area contributed by atoms with Crippen molar-refractivity contribution in [2.75, 3.05) is 37.9 Å². The number of hydrogen-bond acceptors (Lipinski definition) is 6. The lowest BCUT2D eigenvalue weighted by atomic mass is 10.1. The van der Waals surface area contributed by atoms with Gasteiger partial charge in [-0.1, -0.05) is 18.2 Å². The lowest BCUT2D eigenvalue weighted by molar-refractivity contribution is 0.297. The second kappa shape index (κ2) is 10.4. The quantitative estimate of drug-likeness (QED) is 0.303. The SMILES string of the molecule is CN=C(NCCCc1nn(-c2ccccc2)c(N)c1C#N)Nc1ccc2c(c1)OCCCO2. The van der Waals surface area contributed by atoms with Crippen molar-refractivity contribution in [2.45, 2.75) is 19.3 Å². The van der Waals surface area contributed by atoms with Gasteiger partial charge >= 0.3 is 0 Å². The molecule has 0 saturated carbocycles. The summed E-state index contributed by atoms with van der Waals surface area (Å²) in [6.07, 6.45) is 2.23. The largest absolute Gasteiger partial charge is 0.490 e. The average Bonchev–Trinajstić information content (AvgIpc) is 3.00. The molecule has 3 aromatic rings. The Morgan fingerprint density at radius 1 is 1.18 bits per heavy atom. The molecular formula is C24H27N7O2. The molecule has 0 atom stereocenters. The third-order valence-corrected chi connectivity index (χ3v) is 5.22. The van der Waals surface area contributed by atoms with Crippen molar-refractivity contribution in [3.8, 4) is 23.3 Å². The number of aryl methyl sites for hydroxylation is 1. The van der Waals surface area contributed by atoms with E-state index in [-0.39, 0.29) is 0 Å². The molecule has 9 heteroatoms. The van der Waals surface area contributed by atoms with E-state index < -0.39 is 0 Å². The summed E-state index contributed by atoms with van der Waals surface area (Å²) in [4.78, 5) is 4.28. The van der Waals surface area contributed by atoms with Gasteiger partial charge in [-0.2, -0.15) is 10.4 Å². The molecule has 1 aliphatic rings. The van der Waals surface area contributed by atoms with Gasteiger partial charge < -0.3 is 25.8 Å². The Morgan fingerprint density at radius 2 is 1.97 bits per heavy atom. The van der Waals surface area contributed by atoms with Gasteiger partial charge in [0.2, 0.25) is 0 Å². The Labute approximate surface area is 192 Å². The summed E-state index contributed by atoms with van der Waals surface area (Å²) in [6.45, 7) is 1.94. The maximum Gasteiger partial charge on any atom is 0.195 e. The van der Waals surface area contributed by atoms with Gasteiger partial charge in [-0.05, 0) is 37.1 Å². The van der Waals surface area contributed by atoms with E-state index in [1.165, 1.54) is 0 Å². The van der Waals surface area contributed by atoms with E-state index >= 15 is 0 Å². The third-order valence-electron chi connectivity index (χ3n) is 5.22. The van der Waals surface area contributed by atoms with Crippen molar-refractivity contribution < 1.29 is 9.47 Å². The number of aromatic nitrogens is 2. The number of nitriles is 1. The van der Waals surface area contributed by atoms with Crippen LogP contribution < -0.4 is 25.8 Å². The van der Waals surface area contributed by atoms with Crippen molar-refractivity contribution >= 4 is 17.5 Å². The van der Waals surface area contributed by atoms with Gasteiger partial charge in [0.15, 0.2) is 17.5 Å². The summed E-state index contributed by atoms with van der Waals surface area (Å²) in [7, 11) is 1.72. The number of nitrogens with zero attached hydrogens (tertiary/aromatic N) is 4. The van der Waals surface area contributed by atoms with Crippen LogP contribution in [0.1, 0.15) is 24.1 Å². The lowest BCUT2D eigenvalue weighted by Gasteiger charge is -2.14. The summed E-state index contributed by atoms with van der Waals surface area (Å²) in [5.41, 5.74) is 8.97. The summed E-state index contributed by atoms with van der Waals surface area (Å²) < 4.78 is 13.0. The van der Waals surface area contributed by atoms with Gasteiger partial charge in [0, 0.05) is 31.8 Å². The van der Waals surface area contributed by atoms with Crippen LogP contribution in [0, 0.1) is 11.3 Å². The van der Waals surface area contributed by atoms with Crippen LogP contribution in [-0.2, 0) is 6.42 Å². The minimum Gasteiger partial charge on any atom is -0.490 e. The predicted molar refractivity (Wildman–Crippen MR) is 128 cm³/mol. The molecule has 0 radical (unpaired) electrons. The Balaban J connectivity index is 1.34. The maximum atomic E-state index is 9.56. The third kappa shape index (κ3) is 5.18. The van der Waals surface area contributed by atoms with Crippen molar-refractivity contribution in [1.82, 2.24) is 15.1 Å². The first kappa shape index (κ1) is 22.0. The maximum absolute atomic E-state index is 9.56. The van der Waals surface area contributed by atoms with Gasteiger partial charge in [0.1, 0.15) is 17.5 Å². The molecule has 1 aromatic heterocycles. The molecule has 4 rings (SSSR count). The molecule has 1 aliphatic heterocycles. The Bertz CT molecular complexity index is 1170. The normalized spacial score (nSPS) is 13.2. The number of para-hydroxylation sites is 1. The molecule has 2 heterocycles. The second-order valence-electron chi connectivity index (χ2n) is 7.51. The molecule has 0 aliphatic carbocycles. The number of aliphatic imine (C=N–C) groups is 1. The van der Waals surface area contributed by atoms with Crippen LogP contribution >= 0.6 is 0 Å². The minimum atomic E-state index is 0.360. The van der Waals surface area contributed by atoms with Gasteiger partial charge in [0.25, 0.3) is 0 Å². The summed E-state index contributed by atoms with van der Waals surface area (Å²) in [6, 6.07) is 17.5. The van der Waals surface area contributed by atoms with Gasteiger partial charge in [0.05, 0.1) is 24.6 Å². The molecule has 2 aromatic carbocycles. The standard InChI is InChI=1S/C24H27N7O2/c1-27-24(29-17-10-11-21-22(15-17)33-14-6-13-32-21)28-12-5-9-20-19(16-25)23(26)31(30-20)18-7-3-2-4-8-18/h2-4,7-8,10-11,15H,5-6,9,12-14,26H2,1H3,(H2,27,28,29). The average molecular weight is 446 g/mol. The van der Waals surface area contributed by atoms with Crippen molar-refractivity contribution in [3.05, 3.63) is 59.8 Å². The van der Waals surface area contributed by atoms with Crippen LogP contribution in [0.15, 0.2) is 53.5 Å². The molecule has 170 valence electrons. The highest BCUT2D eigenvalue weighted by Crippen LogP contribution is 2.32. The number of anilines is 2. The highest BCUT2D eigenvalue weighted by molar-refractivity contribution is 5.93. The topological polar surface area (TPSA) is 123 Å². The van der Waals surface area contributed by atoms with Gasteiger partial charge in [-0.3, -0.25) is 4.99 Å². The number of nitrogens with one attached hydrogen (secondary N) is 2. The number of hydrogen-bond donors (Lipinski definition) is 3. The molecule has 0 unspecified atom stereocenters. The van der Waals surface area contributed by atoms with Crippen LogP contribution in [0.3, 0.4) is 0 Å². The van der Waals surface area contributed by atoms with Crippen molar-refractivity contribution in [1.29, 1.82) is 5.26 Å². The van der Waals surface area contributed by atoms with E-state index in [1.807, 2.05) is 48.5 Å². The molecule has 0 saturated heterocycles. The highest BCUT2D eigenvalue weighted by Gasteiger charge is 2.16. The van der Waals surface area contributed by atoms with Crippen molar-refractivity contribution in [3.63, 3.8) is 0 Å². The van der Waals surface area contributed by atoms with Crippen LogP contribution in [-0.4, -0.2) is 42.5 Å². The number of ether oxygens (including phenoxy) is 2. The first-order chi connectivity index (χ1) is 16.2. The molecule has 0 fully saturated rings. The van der Waals surface area contributed by atoms with E-state index in [4.69, 9.17) is 15.2 Å².